The van der Waals surface area contributed by atoms with Crippen molar-refractivity contribution in [2.45, 2.75) is 26.5 Å². The van der Waals surface area contributed by atoms with Crippen LogP contribution in [0.4, 0.5) is 0 Å². The highest BCUT2D eigenvalue weighted by molar-refractivity contribution is 9.09. The SMILES string of the molecule is COc1c(C)cnc(CN2CCOC(CBr)C2)c1C. The summed E-state index contributed by atoms with van der Waals surface area (Å²) in [5, 5.41) is 0.882. The molecule has 1 fully saturated rings. The van der Waals surface area contributed by atoms with Gasteiger partial charge in [0.25, 0.3) is 0 Å². The minimum Gasteiger partial charge on any atom is -0.496 e. The van der Waals surface area contributed by atoms with Crippen molar-refractivity contribution < 1.29 is 9.47 Å². The zero-order valence-electron chi connectivity index (χ0n) is 11.8. The summed E-state index contributed by atoms with van der Waals surface area (Å²) in [5.74, 6) is 0.954. The van der Waals surface area contributed by atoms with E-state index in [0.29, 0.717) is 0 Å². The number of methoxy groups -OCH3 is 1. The smallest absolute Gasteiger partial charge is 0.128 e. The van der Waals surface area contributed by atoms with E-state index in [1.54, 1.807) is 7.11 Å². The van der Waals surface area contributed by atoms with Crippen LogP contribution in [0, 0.1) is 13.8 Å². The normalized spacial score (nSPS) is 20.5. The molecule has 1 atom stereocenters. The monoisotopic (exact) mass is 328 g/mol. The van der Waals surface area contributed by atoms with E-state index in [2.05, 4.69) is 32.7 Å². The van der Waals surface area contributed by atoms with Crippen molar-refractivity contribution in [2.24, 2.45) is 0 Å². The van der Waals surface area contributed by atoms with Crippen LogP contribution in [-0.4, -0.2) is 48.1 Å². The summed E-state index contributed by atoms with van der Waals surface area (Å²) < 4.78 is 11.1. The third kappa shape index (κ3) is 3.46. The Hall–Kier alpha value is -0.650. The zero-order valence-corrected chi connectivity index (χ0v) is 13.4. The van der Waals surface area contributed by atoms with Gasteiger partial charge < -0.3 is 9.47 Å². The van der Waals surface area contributed by atoms with Gasteiger partial charge in [-0.1, -0.05) is 15.9 Å². The molecular weight excluding hydrogens is 308 g/mol. The molecule has 106 valence electrons. The Bertz CT molecular complexity index is 440. The van der Waals surface area contributed by atoms with Crippen LogP contribution in [0.5, 0.6) is 5.75 Å². The van der Waals surface area contributed by atoms with Crippen LogP contribution >= 0.6 is 15.9 Å². The molecule has 0 aromatic carbocycles. The molecule has 2 rings (SSSR count). The molecule has 4 nitrogen and oxygen atoms in total. The van der Waals surface area contributed by atoms with Crippen LogP contribution in [-0.2, 0) is 11.3 Å². The van der Waals surface area contributed by atoms with E-state index in [9.17, 15) is 0 Å². The summed E-state index contributed by atoms with van der Waals surface area (Å²) in [6, 6.07) is 0. The van der Waals surface area contributed by atoms with Crippen LogP contribution in [0.2, 0.25) is 0 Å². The Morgan fingerprint density at radius 2 is 2.32 bits per heavy atom. The molecule has 2 heterocycles. The Labute approximate surface area is 123 Å². The second-order valence-corrected chi connectivity index (χ2v) is 5.58. The summed E-state index contributed by atoms with van der Waals surface area (Å²) >= 11 is 3.48. The van der Waals surface area contributed by atoms with Gasteiger partial charge in [-0.05, 0) is 13.8 Å². The summed E-state index contributed by atoms with van der Waals surface area (Å²) in [6.07, 6.45) is 2.17. The third-order valence-electron chi connectivity index (χ3n) is 3.52. The van der Waals surface area contributed by atoms with E-state index < -0.39 is 0 Å². The number of nitrogens with zero attached hydrogens (tertiary/aromatic N) is 2. The number of ether oxygens (including phenoxy) is 2. The van der Waals surface area contributed by atoms with Crippen molar-refractivity contribution in [3.63, 3.8) is 0 Å². The molecule has 1 aromatic rings. The first-order valence-corrected chi connectivity index (χ1v) is 7.66. The van der Waals surface area contributed by atoms with E-state index in [4.69, 9.17) is 9.47 Å². The van der Waals surface area contributed by atoms with Crippen molar-refractivity contribution in [3.8, 4) is 5.75 Å². The Kier molecular flexibility index (Phi) is 5.19. The van der Waals surface area contributed by atoms with Crippen LogP contribution in [0.25, 0.3) is 0 Å². The number of aryl methyl sites for hydroxylation is 1. The summed E-state index contributed by atoms with van der Waals surface area (Å²) in [5.41, 5.74) is 3.33. The third-order valence-corrected chi connectivity index (χ3v) is 4.24. The molecule has 0 saturated carbocycles. The van der Waals surface area contributed by atoms with Crippen LogP contribution in [0.3, 0.4) is 0 Å². The van der Waals surface area contributed by atoms with Gasteiger partial charge in [-0.25, -0.2) is 0 Å². The maximum atomic E-state index is 5.66. The molecule has 1 aliphatic heterocycles. The van der Waals surface area contributed by atoms with Crippen molar-refractivity contribution in [1.82, 2.24) is 9.88 Å². The zero-order chi connectivity index (χ0) is 13.8. The molecule has 0 amide bonds. The topological polar surface area (TPSA) is 34.6 Å². The minimum absolute atomic E-state index is 0.279. The molecule has 0 radical (unpaired) electrons. The average Bonchev–Trinajstić information content (AvgIpc) is 2.43. The molecule has 0 bridgehead atoms. The Morgan fingerprint density at radius 3 is 3.00 bits per heavy atom. The van der Waals surface area contributed by atoms with Gasteiger partial charge in [0, 0.05) is 42.3 Å². The minimum atomic E-state index is 0.279. The lowest BCUT2D eigenvalue weighted by molar-refractivity contribution is -0.0186. The van der Waals surface area contributed by atoms with E-state index >= 15 is 0 Å². The number of aromatic nitrogens is 1. The van der Waals surface area contributed by atoms with E-state index in [1.807, 2.05) is 13.1 Å². The molecule has 1 unspecified atom stereocenters. The van der Waals surface area contributed by atoms with Gasteiger partial charge in [-0.15, -0.1) is 0 Å². The lowest BCUT2D eigenvalue weighted by Gasteiger charge is -2.32. The summed E-state index contributed by atoms with van der Waals surface area (Å²) in [4.78, 5) is 6.95. The van der Waals surface area contributed by atoms with E-state index in [0.717, 1.165) is 54.1 Å². The number of hydrogen-bond donors (Lipinski definition) is 0. The van der Waals surface area contributed by atoms with Gasteiger partial charge in [-0.2, -0.15) is 0 Å². The fraction of sp³-hybridized carbons (Fsp3) is 0.643. The number of morpholine rings is 1. The predicted octanol–water partition coefficient (Wildman–Crippen LogP) is 2.30. The average molecular weight is 329 g/mol. The van der Waals surface area contributed by atoms with Gasteiger partial charge in [0.2, 0.25) is 0 Å². The predicted molar refractivity (Wildman–Crippen MR) is 79.1 cm³/mol. The van der Waals surface area contributed by atoms with Gasteiger partial charge in [0.05, 0.1) is 25.5 Å². The van der Waals surface area contributed by atoms with Gasteiger partial charge >= 0.3 is 0 Å². The van der Waals surface area contributed by atoms with Crippen molar-refractivity contribution >= 4 is 15.9 Å². The van der Waals surface area contributed by atoms with Gasteiger partial charge in [-0.3, -0.25) is 9.88 Å². The number of alkyl halides is 1. The highest BCUT2D eigenvalue weighted by Crippen LogP contribution is 2.25. The van der Waals surface area contributed by atoms with Crippen molar-refractivity contribution in [1.29, 1.82) is 0 Å². The maximum Gasteiger partial charge on any atom is 0.128 e. The Morgan fingerprint density at radius 1 is 1.53 bits per heavy atom. The second-order valence-electron chi connectivity index (χ2n) is 4.93. The quantitative estimate of drug-likeness (QED) is 0.794. The summed E-state index contributed by atoms with van der Waals surface area (Å²) in [6.45, 7) is 7.66. The number of rotatable bonds is 4. The molecule has 0 spiro atoms. The fourth-order valence-electron chi connectivity index (χ4n) is 2.46. The fourth-order valence-corrected chi connectivity index (χ4v) is 2.85. The lowest BCUT2D eigenvalue weighted by atomic mass is 10.1. The molecule has 19 heavy (non-hydrogen) atoms. The van der Waals surface area contributed by atoms with Gasteiger partial charge in [0.1, 0.15) is 5.75 Å². The van der Waals surface area contributed by atoms with E-state index in [1.165, 1.54) is 0 Å². The lowest BCUT2D eigenvalue weighted by Crippen LogP contribution is -2.42. The van der Waals surface area contributed by atoms with Crippen LogP contribution in [0.15, 0.2) is 6.20 Å². The molecule has 1 saturated heterocycles. The molecule has 0 aliphatic carbocycles. The first-order chi connectivity index (χ1) is 9.15. The van der Waals surface area contributed by atoms with Crippen molar-refractivity contribution in [2.75, 3.05) is 32.1 Å². The largest absolute Gasteiger partial charge is 0.496 e. The number of hydrogen-bond acceptors (Lipinski definition) is 4. The maximum absolute atomic E-state index is 5.66. The molecule has 1 aromatic heterocycles. The first kappa shape index (κ1) is 14.8. The Balaban J connectivity index is 2.10. The second kappa shape index (κ2) is 6.68. The molecule has 5 heteroatoms. The highest BCUT2D eigenvalue weighted by Gasteiger charge is 2.21. The van der Waals surface area contributed by atoms with E-state index in [-0.39, 0.29) is 6.10 Å². The standard InChI is InChI=1S/C14H21BrN2O2/c1-10-7-16-13(11(2)14(10)18-3)9-17-4-5-19-12(6-15)8-17/h7,12H,4-6,8-9H2,1-3H3. The van der Waals surface area contributed by atoms with Crippen molar-refractivity contribution in [3.05, 3.63) is 23.0 Å². The van der Waals surface area contributed by atoms with Crippen LogP contribution in [0.1, 0.15) is 16.8 Å². The number of halogens is 1. The molecular formula is C14H21BrN2O2. The highest BCUT2D eigenvalue weighted by atomic mass is 79.9. The molecule has 0 N–H and O–H groups in total. The van der Waals surface area contributed by atoms with Crippen LogP contribution < -0.4 is 4.74 Å². The number of pyridine rings is 1. The van der Waals surface area contributed by atoms with Gasteiger partial charge in [0.15, 0.2) is 0 Å². The molecule has 1 aliphatic rings. The first-order valence-electron chi connectivity index (χ1n) is 6.54. The summed E-state index contributed by atoms with van der Waals surface area (Å²) in [7, 11) is 1.72.